The van der Waals surface area contributed by atoms with Gasteiger partial charge in [0.1, 0.15) is 5.82 Å². The third kappa shape index (κ3) is 3.79. The second-order valence-electron chi connectivity index (χ2n) is 5.45. The highest BCUT2D eigenvalue weighted by atomic mass is 35.5. The van der Waals surface area contributed by atoms with Crippen LogP contribution in [0.3, 0.4) is 0 Å². The van der Waals surface area contributed by atoms with Gasteiger partial charge in [0.2, 0.25) is 5.28 Å². The Labute approximate surface area is 123 Å². The molecule has 20 heavy (non-hydrogen) atoms. The average Bonchev–Trinajstić information content (AvgIpc) is 2.34. The number of likely N-dealkylation sites (N-methyl/N-ethyl adjacent to an activating group) is 1. The molecule has 0 saturated carbocycles. The maximum absolute atomic E-state index is 10.3. The smallest absolute Gasteiger partial charge is 0.224 e. The van der Waals surface area contributed by atoms with Gasteiger partial charge in [-0.05, 0) is 44.8 Å². The van der Waals surface area contributed by atoms with Crippen LogP contribution in [0.15, 0.2) is 24.3 Å². The van der Waals surface area contributed by atoms with Crippen LogP contribution in [0.5, 0.6) is 0 Å². The van der Waals surface area contributed by atoms with Crippen molar-refractivity contribution in [3.63, 3.8) is 0 Å². The van der Waals surface area contributed by atoms with Crippen molar-refractivity contribution >= 4 is 28.3 Å². The van der Waals surface area contributed by atoms with E-state index in [0.717, 1.165) is 10.9 Å². The standard InChI is InChI=1S/C14H19ClN4O/c1-14(20,9-19(2)3)8-16-12-10-6-4-5-7-11(10)17-13(15)18-12/h4-7,20H,8-9H2,1-3H3,(H,16,17,18). The van der Waals surface area contributed by atoms with Crippen LogP contribution in [0, 0.1) is 0 Å². The van der Waals surface area contributed by atoms with Gasteiger partial charge in [-0.3, -0.25) is 0 Å². The molecule has 108 valence electrons. The number of fused-ring (bicyclic) bond motifs is 1. The molecule has 0 saturated heterocycles. The Morgan fingerprint density at radius 3 is 2.70 bits per heavy atom. The Bertz CT molecular complexity index is 601. The molecule has 0 spiro atoms. The van der Waals surface area contributed by atoms with Gasteiger partial charge in [-0.25, -0.2) is 9.97 Å². The lowest BCUT2D eigenvalue weighted by Gasteiger charge is -2.27. The summed E-state index contributed by atoms with van der Waals surface area (Å²) < 4.78 is 0. The molecule has 2 aromatic rings. The van der Waals surface area contributed by atoms with Crippen molar-refractivity contribution in [2.75, 3.05) is 32.5 Å². The summed E-state index contributed by atoms with van der Waals surface area (Å²) in [5, 5.41) is 14.5. The molecule has 1 atom stereocenters. The molecular formula is C14H19ClN4O. The van der Waals surface area contributed by atoms with E-state index in [1.807, 2.05) is 43.3 Å². The molecule has 1 unspecified atom stereocenters. The summed E-state index contributed by atoms with van der Waals surface area (Å²) in [6, 6.07) is 7.63. The lowest BCUT2D eigenvalue weighted by Crippen LogP contribution is -2.43. The lowest BCUT2D eigenvalue weighted by molar-refractivity contribution is 0.0459. The summed E-state index contributed by atoms with van der Waals surface area (Å²) in [7, 11) is 3.84. The molecule has 1 aromatic carbocycles. The zero-order chi connectivity index (χ0) is 14.8. The van der Waals surface area contributed by atoms with Crippen molar-refractivity contribution in [2.45, 2.75) is 12.5 Å². The maximum Gasteiger partial charge on any atom is 0.224 e. The van der Waals surface area contributed by atoms with Crippen molar-refractivity contribution in [3.05, 3.63) is 29.5 Å². The Balaban J connectivity index is 2.21. The van der Waals surface area contributed by atoms with E-state index in [-0.39, 0.29) is 5.28 Å². The summed E-state index contributed by atoms with van der Waals surface area (Å²) in [6.45, 7) is 2.71. The van der Waals surface area contributed by atoms with E-state index in [1.54, 1.807) is 6.92 Å². The van der Waals surface area contributed by atoms with Gasteiger partial charge >= 0.3 is 0 Å². The van der Waals surface area contributed by atoms with Crippen LogP contribution < -0.4 is 5.32 Å². The van der Waals surface area contributed by atoms with Crippen molar-refractivity contribution in [2.24, 2.45) is 0 Å². The number of rotatable bonds is 5. The molecule has 1 aromatic heterocycles. The third-order valence-corrected chi connectivity index (χ3v) is 3.04. The number of aromatic nitrogens is 2. The normalized spacial score (nSPS) is 14.5. The first-order chi connectivity index (χ1) is 9.37. The van der Waals surface area contributed by atoms with E-state index >= 15 is 0 Å². The first-order valence-electron chi connectivity index (χ1n) is 6.41. The second-order valence-corrected chi connectivity index (χ2v) is 5.78. The van der Waals surface area contributed by atoms with Crippen molar-refractivity contribution in [1.82, 2.24) is 14.9 Å². The van der Waals surface area contributed by atoms with Gasteiger partial charge in [-0.2, -0.15) is 0 Å². The molecular weight excluding hydrogens is 276 g/mol. The molecule has 2 N–H and O–H groups in total. The van der Waals surface area contributed by atoms with Crippen molar-refractivity contribution in [1.29, 1.82) is 0 Å². The van der Waals surface area contributed by atoms with Crippen LogP contribution in [-0.2, 0) is 0 Å². The Hall–Kier alpha value is -1.43. The van der Waals surface area contributed by atoms with Gasteiger partial charge in [0.15, 0.2) is 0 Å². The molecule has 0 bridgehead atoms. The van der Waals surface area contributed by atoms with Gasteiger partial charge in [0, 0.05) is 18.5 Å². The zero-order valence-corrected chi connectivity index (χ0v) is 12.6. The molecule has 5 nitrogen and oxygen atoms in total. The van der Waals surface area contributed by atoms with Crippen LogP contribution in [0.1, 0.15) is 6.92 Å². The summed E-state index contributed by atoms with van der Waals surface area (Å²) in [5.41, 5.74) is -0.0792. The largest absolute Gasteiger partial charge is 0.387 e. The molecule has 0 aliphatic rings. The molecule has 0 amide bonds. The molecule has 0 aliphatic heterocycles. The Kier molecular flexibility index (Phi) is 4.42. The second kappa shape index (κ2) is 5.91. The lowest BCUT2D eigenvalue weighted by atomic mass is 10.1. The number of hydrogen-bond donors (Lipinski definition) is 2. The fourth-order valence-electron chi connectivity index (χ4n) is 2.19. The minimum absolute atomic E-state index is 0.193. The molecule has 0 aliphatic carbocycles. The highest BCUT2D eigenvalue weighted by molar-refractivity contribution is 6.28. The monoisotopic (exact) mass is 294 g/mol. The van der Waals surface area contributed by atoms with Gasteiger partial charge in [-0.1, -0.05) is 12.1 Å². The quantitative estimate of drug-likeness (QED) is 0.826. The topological polar surface area (TPSA) is 61.3 Å². The highest BCUT2D eigenvalue weighted by Crippen LogP contribution is 2.22. The van der Waals surface area contributed by atoms with E-state index in [1.165, 1.54) is 0 Å². The number of nitrogens with zero attached hydrogens (tertiary/aromatic N) is 3. The van der Waals surface area contributed by atoms with Crippen LogP contribution >= 0.6 is 11.6 Å². The van der Waals surface area contributed by atoms with E-state index in [2.05, 4.69) is 15.3 Å². The first-order valence-corrected chi connectivity index (χ1v) is 6.78. The molecule has 0 fully saturated rings. The molecule has 0 radical (unpaired) electrons. The van der Waals surface area contributed by atoms with Crippen LogP contribution in [-0.4, -0.2) is 52.8 Å². The average molecular weight is 295 g/mol. The Morgan fingerprint density at radius 1 is 1.30 bits per heavy atom. The van der Waals surface area contributed by atoms with E-state index in [0.29, 0.717) is 18.9 Å². The number of halogens is 1. The van der Waals surface area contributed by atoms with E-state index < -0.39 is 5.60 Å². The minimum atomic E-state index is -0.859. The summed E-state index contributed by atoms with van der Waals surface area (Å²) in [5.74, 6) is 0.639. The number of nitrogens with one attached hydrogen (secondary N) is 1. The zero-order valence-electron chi connectivity index (χ0n) is 11.9. The number of aliphatic hydroxyl groups is 1. The minimum Gasteiger partial charge on any atom is -0.387 e. The molecule has 6 heteroatoms. The number of para-hydroxylation sites is 1. The molecule has 2 rings (SSSR count). The predicted octanol–water partition coefficient (Wildman–Crippen LogP) is 2.01. The molecule has 1 heterocycles. The maximum atomic E-state index is 10.3. The van der Waals surface area contributed by atoms with Crippen molar-refractivity contribution < 1.29 is 5.11 Å². The third-order valence-electron chi connectivity index (χ3n) is 2.87. The fourth-order valence-corrected chi connectivity index (χ4v) is 2.37. The Morgan fingerprint density at radius 2 is 2.00 bits per heavy atom. The van der Waals surface area contributed by atoms with Gasteiger partial charge < -0.3 is 15.3 Å². The van der Waals surface area contributed by atoms with Gasteiger partial charge in [-0.15, -0.1) is 0 Å². The summed E-state index contributed by atoms with van der Waals surface area (Å²) >= 11 is 5.93. The first kappa shape index (κ1) is 15.0. The van der Waals surface area contributed by atoms with E-state index in [4.69, 9.17) is 11.6 Å². The summed E-state index contributed by atoms with van der Waals surface area (Å²) in [6.07, 6.45) is 0. The van der Waals surface area contributed by atoms with Crippen molar-refractivity contribution in [3.8, 4) is 0 Å². The predicted molar refractivity (Wildman–Crippen MR) is 82.2 cm³/mol. The van der Waals surface area contributed by atoms with E-state index in [9.17, 15) is 5.11 Å². The number of hydrogen-bond acceptors (Lipinski definition) is 5. The number of benzene rings is 1. The van der Waals surface area contributed by atoms with Crippen LogP contribution in [0.2, 0.25) is 5.28 Å². The van der Waals surface area contributed by atoms with Crippen LogP contribution in [0.4, 0.5) is 5.82 Å². The highest BCUT2D eigenvalue weighted by Gasteiger charge is 2.21. The SMILES string of the molecule is CN(C)CC(C)(O)CNc1nc(Cl)nc2ccccc12. The van der Waals surface area contributed by atoms with Gasteiger partial charge in [0.25, 0.3) is 0 Å². The fraction of sp³-hybridized carbons (Fsp3) is 0.429. The van der Waals surface area contributed by atoms with Crippen LogP contribution in [0.25, 0.3) is 10.9 Å². The summed E-state index contributed by atoms with van der Waals surface area (Å²) in [4.78, 5) is 10.3. The van der Waals surface area contributed by atoms with Gasteiger partial charge in [0.05, 0.1) is 11.1 Å². The number of anilines is 1.